The van der Waals surface area contributed by atoms with Crippen molar-refractivity contribution in [3.05, 3.63) is 0 Å². The Balaban J connectivity index is 0.000000810. The molecule has 0 saturated heterocycles. The van der Waals surface area contributed by atoms with Crippen molar-refractivity contribution in [1.82, 2.24) is 0 Å². The molecule has 1 aliphatic rings. The molecule has 1 nitrogen and oxygen atoms in total. The standard InChI is InChI=1S/C8H18N.FH/c1-9(2,3)8-6-4-5-7-8;/h8H,4-7H2,1-3H3;1H/q+1;/p-1. The van der Waals surface area contributed by atoms with E-state index in [2.05, 4.69) is 21.1 Å². The van der Waals surface area contributed by atoms with Gasteiger partial charge in [0.1, 0.15) is 0 Å². The number of hydrogen-bond acceptors (Lipinski definition) is 0. The van der Waals surface area contributed by atoms with Crippen molar-refractivity contribution in [2.75, 3.05) is 21.1 Å². The molecule has 0 aromatic rings. The predicted octanol–water partition coefficient (Wildman–Crippen LogP) is -1.36. The fourth-order valence-corrected chi connectivity index (χ4v) is 1.68. The summed E-state index contributed by atoms with van der Waals surface area (Å²) < 4.78 is 1.17. The molecule has 1 fully saturated rings. The van der Waals surface area contributed by atoms with E-state index in [-0.39, 0.29) is 4.70 Å². The lowest BCUT2D eigenvalue weighted by Gasteiger charge is -2.31. The zero-order valence-electron chi connectivity index (χ0n) is 7.23. The average molecular weight is 147 g/mol. The summed E-state index contributed by atoms with van der Waals surface area (Å²) >= 11 is 0. The minimum atomic E-state index is 0. The quantitative estimate of drug-likeness (QED) is 0.402. The summed E-state index contributed by atoms with van der Waals surface area (Å²) in [5.74, 6) is 0. The van der Waals surface area contributed by atoms with Crippen LogP contribution in [-0.4, -0.2) is 31.7 Å². The van der Waals surface area contributed by atoms with E-state index in [1.807, 2.05) is 0 Å². The number of quaternary nitrogens is 1. The van der Waals surface area contributed by atoms with Gasteiger partial charge in [-0.15, -0.1) is 0 Å². The zero-order chi connectivity index (χ0) is 6.91. The van der Waals surface area contributed by atoms with Crippen LogP contribution in [0.15, 0.2) is 0 Å². The van der Waals surface area contributed by atoms with Gasteiger partial charge in [-0.3, -0.25) is 0 Å². The number of halogens is 1. The summed E-state index contributed by atoms with van der Waals surface area (Å²) in [6, 6.07) is 0.949. The normalized spacial score (nSPS) is 20.7. The van der Waals surface area contributed by atoms with Crippen LogP contribution in [0, 0.1) is 0 Å². The van der Waals surface area contributed by atoms with Gasteiger partial charge in [0.15, 0.2) is 0 Å². The van der Waals surface area contributed by atoms with Crippen LogP contribution >= 0.6 is 0 Å². The molecule has 0 amide bonds. The van der Waals surface area contributed by atoms with E-state index in [4.69, 9.17) is 0 Å². The van der Waals surface area contributed by atoms with Crippen LogP contribution in [0.25, 0.3) is 0 Å². The van der Waals surface area contributed by atoms with Crippen LogP contribution in [0.1, 0.15) is 25.7 Å². The van der Waals surface area contributed by atoms with Crippen molar-refractivity contribution in [3.63, 3.8) is 0 Å². The molecule has 2 heteroatoms. The molecule has 0 heterocycles. The Kier molecular flexibility index (Phi) is 3.29. The van der Waals surface area contributed by atoms with Gasteiger partial charge in [0.2, 0.25) is 0 Å². The van der Waals surface area contributed by atoms with Gasteiger partial charge in [-0.2, -0.15) is 0 Å². The van der Waals surface area contributed by atoms with Crippen LogP contribution in [0.3, 0.4) is 0 Å². The molecular formula is C8H18FN. The first-order valence-electron chi connectivity index (χ1n) is 3.92. The first-order valence-corrected chi connectivity index (χ1v) is 3.92. The fraction of sp³-hybridized carbons (Fsp3) is 1.00. The van der Waals surface area contributed by atoms with Gasteiger partial charge < -0.3 is 9.19 Å². The lowest BCUT2D eigenvalue weighted by atomic mass is 10.2. The van der Waals surface area contributed by atoms with E-state index in [1.165, 1.54) is 30.2 Å². The summed E-state index contributed by atoms with van der Waals surface area (Å²) in [6.07, 6.45) is 5.81. The highest BCUT2D eigenvalue weighted by atomic mass is 19.0. The second kappa shape index (κ2) is 3.33. The van der Waals surface area contributed by atoms with Crippen molar-refractivity contribution in [2.24, 2.45) is 0 Å². The molecule has 0 aromatic heterocycles. The predicted molar refractivity (Wildman–Crippen MR) is 40.3 cm³/mol. The minimum absolute atomic E-state index is 0. The van der Waals surface area contributed by atoms with Crippen molar-refractivity contribution < 1.29 is 9.19 Å². The Hall–Kier alpha value is -0.110. The second-order valence-electron chi connectivity index (χ2n) is 4.05. The highest BCUT2D eigenvalue weighted by Gasteiger charge is 2.26. The maximum atomic E-state index is 2.30. The van der Waals surface area contributed by atoms with Gasteiger partial charge in [0.05, 0.1) is 27.2 Å². The van der Waals surface area contributed by atoms with Crippen LogP contribution < -0.4 is 4.70 Å². The topological polar surface area (TPSA) is 0 Å². The Morgan fingerprint density at radius 2 is 1.40 bits per heavy atom. The highest BCUT2D eigenvalue weighted by molar-refractivity contribution is 4.66. The zero-order valence-corrected chi connectivity index (χ0v) is 7.23. The van der Waals surface area contributed by atoms with E-state index < -0.39 is 0 Å². The monoisotopic (exact) mass is 147 g/mol. The molecule has 0 bridgehead atoms. The Labute approximate surface area is 63.0 Å². The van der Waals surface area contributed by atoms with Gasteiger partial charge in [-0.1, -0.05) is 0 Å². The summed E-state index contributed by atoms with van der Waals surface area (Å²) in [5, 5.41) is 0. The number of hydrogen-bond donors (Lipinski definition) is 0. The average Bonchev–Trinajstić information content (AvgIpc) is 2.08. The molecule has 0 atom stereocenters. The Morgan fingerprint density at radius 1 is 1.00 bits per heavy atom. The lowest BCUT2D eigenvalue weighted by molar-refractivity contribution is -0.895. The summed E-state index contributed by atoms with van der Waals surface area (Å²) in [6.45, 7) is 0. The van der Waals surface area contributed by atoms with Crippen LogP contribution in [0.4, 0.5) is 0 Å². The molecule has 10 heavy (non-hydrogen) atoms. The number of rotatable bonds is 1. The SMILES string of the molecule is C[N+](C)(C)C1CCCC1.[F-]. The molecule has 0 aliphatic heterocycles. The fourth-order valence-electron chi connectivity index (χ4n) is 1.68. The smallest absolute Gasteiger partial charge is 0.0884 e. The maximum Gasteiger partial charge on any atom is 0.0884 e. The van der Waals surface area contributed by atoms with Gasteiger partial charge in [-0.05, 0) is 25.7 Å². The molecular weight excluding hydrogens is 129 g/mol. The van der Waals surface area contributed by atoms with E-state index in [9.17, 15) is 0 Å². The van der Waals surface area contributed by atoms with Gasteiger partial charge in [-0.25, -0.2) is 0 Å². The maximum absolute atomic E-state index is 2.30. The van der Waals surface area contributed by atoms with E-state index in [0.717, 1.165) is 6.04 Å². The largest absolute Gasteiger partial charge is 1.00 e. The molecule has 1 rings (SSSR count). The summed E-state index contributed by atoms with van der Waals surface area (Å²) in [7, 11) is 6.90. The third-order valence-electron chi connectivity index (χ3n) is 2.42. The van der Waals surface area contributed by atoms with Gasteiger partial charge >= 0.3 is 0 Å². The van der Waals surface area contributed by atoms with Crippen LogP contribution in [0.5, 0.6) is 0 Å². The lowest BCUT2D eigenvalue weighted by Crippen LogP contribution is -3.00. The number of nitrogens with zero attached hydrogens (tertiary/aromatic N) is 1. The van der Waals surface area contributed by atoms with Crippen molar-refractivity contribution in [1.29, 1.82) is 0 Å². The Bertz CT molecular complexity index is 89.9. The molecule has 1 saturated carbocycles. The third-order valence-corrected chi connectivity index (χ3v) is 2.42. The van der Waals surface area contributed by atoms with Crippen LogP contribution in [0.2, 0.25) is 0 Å². The first kappa shape index (κ1) is 9.89. The second-order valence-corrected chi connectivity index (χ2v) is 4.05. The van der Waals surface area contributed by atoms with E-state index in [0.29, 0.717) is 0 Å². The molecule has 0 aromatic carbocycles. The van der Waals surface area contributed by atoms with Gasteiger partial charge in [0, 0.05) is 0 Å². The Morgan fingerprint density at radius 3 is 1.60 bits per heavy atom. The van der Waals surface area contributed by atoms with E-state index in [1.54, 1.807) is 0 Å². The minimum Gasteiger partial charge on any atom is -1.00 e. The summed E-state index contributed by atoms with van der Waals surface area (Å²) in [5.41, 5.74) is 0. The molecule has 0 unspecified atom stereocenters. The van der Waals surface area contributed by atoms with Crippen molar-refractivity contribution in [3.8, 4) is 0 Å². The molecule has 0 spiro atoms. The molecule has 0 radical (unpaired) electrons. The third kappa shape index (κ3) is 2.25. The van der Waals surface area contributed by atoms with Crippen molar-refractivity contribution >= 4 is 0 Å². The molecule has 0 N–H and O–H groups in total. The highest BCUT2D eigenvalue weighted by Crippen LogP contribution is 2.24. The molecule has 1 aliphatic carbocycles. The summed E-state index contributed by atoms with van der Waals surface area (Å²) in [4.78, 5) is 0. The van der Waals surface area contributed by atoms with Gasteiger partial charge in [0.25, 0.3) is 0 Å². The van der Waals surface area contributed by atoms with Crippen molar-refractivity contribution in [2.45, 2.75) is 31.7 Å². The molecule has 62 valence electrons. The van der Waals surface area contributed by atoms with E-state index >= 15 is 0 Å². The van der Waals surface area contributed by atoms with Crippen LogP contribution in [-0.2, 0) is 0 Å². The first-order chi connectivity index (χ1) is 4.11.